The van der Waals surface area contributed by atoms with E-state index in [2.05, 4.69) is 6.92 Å². The van der Waals surface area contributed by atoms with E-state index in [0.29, 0.717) is 6.61 Å². The molecule has 0 aromatic rings. The summed E-state index contributed by atoms with van der Waals surface area (Å²) in [5, 5.41) is 16.2. The van der Waals surface area contributed by atoms with Crippen molar-refractivity contribution in [2.24, 2.45) is 0 Å². The predicted octanol–water partition coefficient (Wildman–Crippen LogP) is 4.68. The van der Waals surface area contributed by atoms with Gasteiger partial charge in [0.2, 0.25) is 0 Å². The highest BCUT2D eigenvalue weighted by Gasteiger charge is 1.92. The second kappa shape index (κ2) is 22.1. The Bertz CT molecular complexity index is 104. The van der Waals surface area contributed by atoms with Gasteiger partial charge in [0.1, 0.15) is 0 Å². The lowest BCUT2D eigenvalue weighted by molar-refractivity contribution is 0.282. The van der Waals surface area contributed by atoms with E-state index < -0.39 is 0 Å². The average Bonchev–Trinajstić information content (AvgIpc) is 2.37. The Morgan fingerprint density at radius 1 is 0.500 bits per heavy atom. The van der Waals surface area contributed by atoms with Crippen molar-refractivity contribution in [3.8, 4) is 0 Å². The average molecular weight is 260 g/mol. The van der Waals surface area contributed by atoms with Crippen molar-refractivity contribution < 1.29 is 10.2 Å². The first-order valence-electron chi connectivity index (χ1n) is 8.05. The topological polar surface area (TPSA) is 40.5 Å². The zero-order valence-corrected chi connectivity index (χ0v) is 12.8. The molecule has 0 saturated heterocycles. The molecule has 2 N–H and O–H groups in total. The highest BCUT2D eigenvalue weighted by Crippen LogP contribution is 2.11. The maximum atomic E-state index is 8.61. The van der Waals surface area contributed by atoms with E-state index in [9.17, 15) is 0 Å². The highest BCUT2D eigenvalue weighted by atomic mass is 16.3. The first-order valence-corrected chi connectivity index (χ1v) is 8.05. The molecule has 0 radical (unpaired) electrons. The summed E-state index contributed by atoms with van der Waals surface area (Å²) in [4.78, 5) is 0. The van der Waals surface area contributed by atoms with Crippen molar-refractivity contribution >= 4 is 0 Å². The van der Waals surface area contributed by atoms with Gasteiger partial charge in [0, 0.05) is 13.2 Å². The van der Waals surface area contributed by atoms with E-state index in [1.54, 1.807) is 6.92 Å². The van der Waals surface area contributed by atoms with Crippen molar-refractivity contribution in [3.63, 3.8) is 0 Å². The van der Waals surface area contributed by atoms with Crippen LogP contribution in [0.2, 0.25) is 0 Å². The largest absolute Gasteiger partial charge is 0.397 e. The molecule has 0 aliphatic rings. The van der Waals surface area contributed by atoms with Crippen LogP contribution >= 0.6 is 0 Å². The lowest BCUT2D eigenvalue weighted by Crippen LogP contribution is -1.84. The molecule has 0 atom stereocenters. The van der Waals surface area contributed by atoms with Crippen LogP contribution in [0.25, 0.3) is 0 Å². The Kier molecular flexibility index (Phi) is 24.9. The van der Waals surface area contributed by atoms with Crippen LogP contribution in [0.1, 0.15) is 90.9 Å². The van der Waals surface area contributed by atoms with Gasteiger partial charge in [-0.25, -0.2) is 0 Å². The van der Waals surface area contributed by atoms with E-state index in [1.807, 2.05) is 0 Å². The summed E-state index contributed by atoms with van der Waals surface area (Å²) in [5.41, 5.74) is 0. The molecule has 0 unspecified atom stereocenters. The molecule has 0 spiro atoms. The quantitative estimate of drug-likeness (QED) is 0.500. The summed E-state index contributed by atoms with van der Waals surface area (Å²) in [6.45, 7) is 4.57. The van der Waals surface area contributed by atoms with E-state index in [1.165, 1.54) is 70.6 Å². The molecule has 0 aliphatic heterocycles. The second-order valence-corrected chi connectivity index (χ2v) is 4.93. The number of rotatable bonds is 12. The Hall–Kier alpha value is -0.0800. The fraction of sp³-hybridized carbons (Fsp3) is 1.00. The maximum Gasteiger partial charge on any atom is 0.0431 e. The summed E-state index contributed by atoms with van der Waals surface area (Å²) in [6.07, 6.45) is 16.2. The van der Waals surface area contributed by atoms with Crippen LogP contribution in [0, 0.1) is 0 Å². The first kappa shape index (κ1) is 20.2. The van der Waals surface area contributed by atoms with Gasteiger partial charge in [-0.05, 0) is 13.3 Å². The van der Waals surface area contributed by atoms with Crippen molar-refractivity contribution in [3.05, 3.63) is 0 Å². The monoisotopic (exact) mass is 260 g/mol. The normalized spacial score (nSPS) is 10.0. The molecule has 0 saturated carbocycles. The van der Waals surface area contributed by atoms with E-state index in [-0.39, 0.29) is 6.61 Å². The van der Waals surface area contributed by atoms with Gasteiger partial charge in [0.25, 0.3) is 0 Å². The van der Waals surface area contributed by atoms with Gasteiger partial charge >= 0.3 is 0 Å². The minimum absolute atomic E-state index is 0.250. The zero-order valence-electron chi connectivity index (χ0n) is 12.8. The molecule has 0 aromatic carbocycles. The predicted molar refractivity (Wildman–Crippen MR) is 80.9 cm³/mol. The lowest BCUT2D eigenvalue weighted by atomic mass is 10.1. The molecule has 112 valence electrons. The van der Waals surface area contributed by atoms with Crippen molar-refractivity contribution in [2.45, 2.75) is 90.9 Å². The Morgan fingerprint density at radius 2 is 0.778 bits per heavy atom. The summed E-state index contributed by atoms with van der Waals surface area (Å²) in [6, 6.07) is 0. The van der Waals surface area contributed by atoms with Gasteiger partial charge in [-0.15, -0.1) is 0 Å². The van der Waals surface area contributed by atoms with Gasteiger partial charge in [0.05, 0.1) is 0 Å². The van der Waals surface area contributed by atoms with Gasteiger partial charge in [0.15, 0.2) is 0 Å². The first-order chi connectivity index (χ1) is 8.83. The fourth-order valence-corrected chi connectivity index (χ4v) is 1.95. The molecule has 18 heavy (non-hydrogen) atoms. The third-order valence-electron chi connectivity index (χ3n) is 3.01. The second-order valence-electron chi connectivity index (χ2n) is 4.93. The third kappa shape index (κ3) is 24.9. The number of aliphatic hydroxyl groups excluding tert-OH is 2. The standard InChI is InChI=1S/C14H30O.C2H6O/c1-2-3-4-5-6-7-8-9-10-11-12-13-14-15;1-2-3/h15H,2-14H2,1H3;3H,2H2,1H3. The minimum atomic E-state index is 0.250. The maximum absolute atomic E-state index is 8.61. The summed E-state index contributed by atoms with van der Waals surface area (Å²) in [7, 11) is 0. The van der Waals surface area contributed by atoms with Crippen LogP contribution in [-0.2, 0) is 0 Å². The van der Waals surface area contributed by atoms with Crippen LogP contribution in [0.5, 0.6) is 0 Å². The summed E-state index contributed by atoms with van der Waals surface area (Å²) < 4.78 is 0. The fourth-order valence-electron chi connectivity index (χ4n) is 1.95. The third-order valence-corrected chi connectivity index (χ3v) is 3.01. The van der Waals surface area contributed by atoms with Crippen LogP contribution < -0.4 is 0 Å². The molecule has 2 heteroatoms. The van der Waals surface area contributed by atoms with E-state index in [0.717, 1.165) is 6.42 Å². The van der Waals surface area contributed by atoms with Crippen molar-refractivity contribution in [2.75, 3.05) is 13.2 Å². The number of aliphatic hydroxyl groups is 2. The van der Waals surface area contributed by atoms with Gasteiger partial charge in [-0.2, -0.15) is 0 Å². The zero-order chi connectivity index (χ0) is 13.9. The van der Waals surface area contributed by atoms with Crippen molar-refractivity contribution in [1.29, 1.82) is 0 Å². The Labute approximate surface area is 115 Å². The SMILES string of the molecule is CCCCCCCCCCCCCCO.CCO. The summed E-state index contributed by atoms with van der Waals surface area (Å²) in [5.74, 6) is 0. The lowest BCUT2D eigenvalue weighted by Gasteiger charge is -2.01. The van der Waals surface area contributed by atoms with Gasteiger partial charge in [-0.3, -0.25) is 0 Å². The van der Waals surface area contributed by atoms with E-state index in [4.69, 9.17) is 10.2 Å². The Balaban J connectivity index is 0. The van der Waals surface area contributed by atoms with Gasteiger partial charge < -0.3 is 10.2 Å². The molecule has 0 aliphatic carbocycles. The van der Waals surface area contributed by atoms with Crippen LogP contribution in [0.15, 0.2) is 0 Å². The molecule has 0 bridgehead atoms. The molecular weight excluding hydrogens is 224 g/mol. The summed E-state index contributed by atoms with van der Waals surface area (Å²) >= 11 is 0. The van der Waals surface area contributed by atoms with Crippen LogP contribution in [0.3, 0.4) is 0 Å². The molecule has 0 rings (SSSR count). The number of hydrogen-bond acceptors (Lipinski definition) is 2. The van der Waals surface area contributed by atoms with Crippen LogP contribution in [-0.4, -0.2) is 23.4 Å². The van der Waals surface area contributed by atoms with E-state index >= 15 is 0 Å². The van der Waals surface area contributed by atoms with Crippen molar-refractivity contribution in [1.82, 2.24) is 0 Å². The molecule has 0 aromatic heterocycles. The molecule has 0 amide bonds. The highest BCUT2D eigenvalue weighted by molar-refractivity contribution is 4.47. The van der Waals surface area contributed by atoms with Gasteiger partial charge in [-0.1, -0.05) is 77.6 Å². The molecule has 0 heterocycles. The minimum Gasteiger partial charge on any atom is -0.397 e. The number of hydrogen-bond donors (Lipinski definition) is 2. The van der Waals surface area contributed by atoms with Crippen LogP contribution in [0.4, 0.5) is 0 Å². The molecule has 0 fully saturated rings. The Morgan fingerprint density at radius 3 is 1.06 bits per heavy atom. The molecular formula is C16H36O2. The number of unbranched alkanes of at least 4 members (excludes halogenated alkanes) is 11. The molecule has 2 nitrogen and oxygen atoms in total. The smallest absolute Gasteiger partial charge is 0.0431 e.